The molecule has 3 rings (SSSR count). The van der Waals surface area contributed by atoms with E-state index in [2.05, 4.69) is 19.2 Å². The van der Waals surface area contributed by atoms with Crippen molar-refractivity contribution in [2.75, 3.05) is 45.9 Å². The van der Waals surface area contributed by atoms with Crippen LogP contribution in [0.15, 0.2) is 18.2 Å². The van der Waals surface area contributed by atoms with Crippen LogP contribution in [0.1, 0.15) is 52.5 Å². The summed E-state index contributed by atoms with van der Waals surface area (Å²) in [5.41, 5.74) is 1.07. The molecule has 0 bridgehead atoms. The van der Waals surface area contributed by atoms with Crippen LogP contribution in [0.5, 0.6) is 11.5 Å². The highest BCUT2D eigenvalue weighted by Crippen LogP contribution is 2.29. The molecule has 192 valence electrons. The summed E-state index contributed by atoms with van der Waals surface area (Å²) >= 11 is 0. The molecule has 9 heteroatoms. The molecular weight excluding hydrogens is 454 g/mol. The van der Waals surface area contributed by atoms with Crippen LogP contribution in [-0.4, -0.2) is 68.9 Å². The summed E-state index contributed by atoms with van der Waals surface area (Å²) < 4.78 is 40.7. The van der Waals surface area contributed by atoms with Gasteiger partial charge in [0, 0.05) is 38.6 Å². The number of benzene rings is 1. The summed E-state index contributed by atoms with van der Waals surface area (Å²) in [6.45, 7) is 11.7. The number of carbonyl (C=O) groups is 1. The molecule has 2 aliphatic rings. The number of amides is 1. The van der Waals surface area contributed by atoms with E-state index in [1.165, 1.54) is 0 Å². The van der Waals surface area contributed by atoms with Gasteiger partial charge < -0.3 is 14.8 Å². The Hall–Kier alpha value is -1.84. The van der Waals surface area contributed by atoms with E-state index in [1.54, 1.807) is 8.61 Å². The highest BCUT2D eigenvalue weighted by Gasteiger charge is 2.37. The van der Waals surface area contributed by atoms with Crippen LogP contribution in [0, 0.1) is 17.8 Å². The number of carbonyl (C=O) groups excluding carboxylic acids is 1. The zero-order valence-corrected chi connectivity index (χ0v) is 21.9. The van der Waals surface area contributed by atoms with Crippen molar-refractivity contribution in [3.05, 3.63) is 23.8 Å². The predicted octanol–water partition coefficient (Wildman–Crippen LogP) is 3.08. The van der Waals surface area contributed by atoms with E-state index in [0.29, 0.717) is 77.0 Å². The summed E-state index contributed by atoms with van der Waals surface area (Å²) in [5, 5.41) is 3.03. The SMILES string of the molecule is CCOc1ccc(CCNC(=O)C2CCN(S(=O)(=O)N3C[C@H](C)C[C@H](C)C3)CC2)cc1OCC. The molecule has 1 N–H and O–H groups in total. The number of ether oxygens (including phenoxy) is 2. The molecule has 1 aromatic carbocycles. The molecule has 0 aliphatic carbocycles. The lowest BCUT2D eigenvalue weighted by atomic mass is 9.94. The van der Waals surface area contributed by atoms with E-state index in [1.807, 2.05) is 32.0 Å². The summed E-state index contributed by atoms with van der Waals surface area (Å²) in [4.78, 5) is 12.7. The van der Waals surface area contributed by atoms with E-state index >= 15 is 0 Å². The molecule has 2 heterocycles. The first-order chi connectivity index (χ1) is 16.2. The van der Waals surface area contributed by atoms with E-state index in [9.17, 15) is 13.2 Å². The number of hydrogen-bond donors (Lipinski definition) is 1. The molecule has 2 atom stereocenters. The van der Waals surface area contributed by atoms with E-state index in [-0.39, 0.29) is 11.8 Å². The second kappa shape index (κ2) is 12.2. The first-order valence-electron chi connectivity index (χ1n) is 12.7. The van der Waals surface area contributed by atoms with Gasteiger partial charge in [0.05, 0.1) is 13.2 Å². The number of nitrogens with one attached hydrogen (secondary N) is 1. The van der Waals surface area contributed by atoms with Crippen LogP contribution < -0.4 is 14.8 Å². The summed E-state index contributed by atoms with van der Waals surface area (Å²) in [7, 11) is -3.46. The van der Waals surface area contributed by atoms with Crippen LogP contribution in [0.4, 0.5) is 0 Å². The van der Waals surface area contributed by atoms with Crippen LogP contribution in [0.2, 0.25) is 0 Å². The van der Waals surface area contributed by atoms with Crippen molar-refractivity contribution in [3.63, 3.8) is 0 Å². The first kappa shape index (κ1) is 26.8. The number of piperidine rings is 2. The molecule has 0 aromatic heterocycles. The van der Waals surface area contributed by atoms with Crippen LogP contribution in [0.3, 0.4) is 0 Å². The lowest BCUT2D eigenvalue weighted by molar-refractivity contribution is -0.126. The van der Waals surface area contributed by atoms with Crippen LogP contribution >= 0.6 is 0 Å². The fourth-order valence-corrected chi connectivity index (χ4v) is 6.92. The molecule has 0 saturated carbocycles. The van der Waals surface area contributed by atoms with E-state index < -0.39 is 10.2 Å². The zero-order chi connectivity index (χ0) is 24.7. The predicted molar refractivity (Wildman–Crippen MR) is 133 cm³/mol. The average Bonchev–Trinajstić information content (AvgIpc) is 2.80. The highest BCUT2D eigenvalue weighted by molar-refractivity contribution is 7.86. The van der Waals surface area contributed by atoms with Crippen molar-refractivity contribution in [2.24, 2.45) is 17.8 Å². The molecule has 2 aliphatic heterocycles. The fraction of sp³-hybridized carbons (Fsp3) is 0.720. The van der Waals surface area contributed by atoms with Gasteiger partial charge in [-0.05, 0) is 69.1 Å². The average molecular weight is 496 g/mol. The minimum Gasteiger partial charge on any atom is -0.490 e. The molecule has 0 unspecified atom stereocenters. The Bertz CT molecular complexity index is 905. The largest absolute Gasteiger partial charge is 0.490 e. The standard InChI is InChI=1S/C25H41N3O5S/c1-5-32-23-8-7-21(16-24(23)33-6-2)9-12-26-25(29)22-10-13-27(14-11-22)34(30,31)28-17-19(3)15-20(4)18-28/h7-8,16,19-20,22H,5-6,9-15,17-18H2,1-4H3,(H,26,29)/t19-,20+. The fourth-order valence-electron chi connectivity index (χ4n) is 5.03. The normalized spacial score (nSPS) is 22.9. The van der Waals surface area contributed by atoms with Gasteiger partial charge in [-0.3, -0.25) is 4.79 Å². The van der Waals surface area contributed by atoms with Crippen molar-refractivity contribution in [2.45, 2.75) is 53.4 Å². The van der Waals surface area contributed by atoms with Gasteiger partial charge in [-0.2, -0.15) is 17.0 Å². The number of rotatable bonds is 10. The van der Waals surface area contributed by atoms with Crippen LogP contribution in [0.25, 0.3) is 0 Å². The van der Waals surface area contributed by atoms with Crippen molar-refractivity contribution >= 4 is 16.1 Å². The first-order valence-corrected chi connectivity index (χ1v) is 14.1. The van der Waals surface area contributed by atoms with Gasteiger partial charge in [0.25, 0.3) is 10.2 Å². The van der Waals surface area contributed by atoms with Crippen LogP contribution in [-0.2, 0) is 21.4 Å². The monoisotopic (exact) mass is 495 g/mol. The van der Waals surface area contributed by atoms with Gasteiger partial charge in [0.2, 0.25) is 5.91 Å². The maximum atomic E-state index is 13.1. The molecule has 1 aromatic rings. The number of nitrogens with zero attached hydrogens (tertiary/aromatic N) is 2. The summed E-state index contributed by atoms with van der Waals surface area (Å²) in [6, 6.07) is 5.86. The van der Waals surface area contributed by atoms with Crippen molar-refractivity contribution in [1.29, 1.82) is 0 Å². The minimum atomic E-state index is -3.46. The third-order valence-electron chi connectivity index (χ3n) is 6.63. The summed E-state index contributed by atoms with van der Waals surface area (Å²) in [5.74, 6) is 2.06. The third-order valence-corrected chi connectivity index (χ3v) is 8.60. The minimum absolute atomic E-state index is 0.00762. The molecule has 8 nitrogen and oxygen atoms in total. The van der Waals surface area contributed by atoms with Gasteiger partial charge in [-0.25, -0.2) is 0 Å². The molecule has 34 heavy (non-hydrogen) atoms. The Morgan fingerprint density at radius 1 is 1.00 bits per heavy atom. The quantitative estimate of drug-likeness (QED) is 0.539. The van der Waals surface area contributed by atoms with Crippen molar-refractivity contribution < 1.29 is 22.7 Å². The third kappa shape index (κ3) is 6.86. The Morgan fingerprint density at radius 2 is 1.62 bits per heavy atom. The molecule has 1 amide bonds. The highest BCUT2D eigenvalue weighted by atomic mass is 32.2. The van der Waals surface area contributed by atoms with Crippen molar-refractivity contribution in [3.8, 4) is 11.5 Å². The van der Waals surface area contributed by atoms with Gasteiger partial charge in [-0.1, -0.05) is 19.9 Å². The maximum absolute atomic E-state index is 13.1. The zero-order valence-electron chi connectivity index (χ0n) is 21.1. The maximum Gasteiger partial charge on any atom is 0.281 e. The van der Waals surface area contributed by atoms with Gasteiger partial charge in [0.1, 0.15) is 0 Å². The molecular formula is C25H41N3O5S. The molecule has 0 spiro atoms. The topological polar surface area (TPSA) is 88.2 Å². The van der Waals surface area contributed by atoms with E-state index in [0.717, 1.165) is 23.5 Å². The second-order valence-corrected chi connectivity index (χ2v) is 11.6. The molecule has 2 saturated heterocycles. The second-order valence-electron chi connectivity index (χ2n) is 9.63. The van der Waals surface area contributed by atoms with Gasteiger partial charge in [0.15, 0.2) is 11.5 Å². The Balaban J connectivity index is 1.46. The Morgan fingerprint density at radius 3 is 2.24 bits per heavy atom. The smallest absolute Gasteiger partial charge is 0.281 e. The van der Waals surface area contributed by atoms with Gasteiger partial charge >= 0.3 is 0 Å². The Labute approximate surface area is 205 Å². The molecule has 2 fully saturated rings. The molecule has 0 radical (unpaired) electrons. The Kier molecular flexibility index (Phi) is 9.62. The summed E-state index contributed by atoms with van der Waals surface area (Å²) in [6.07, 6.45) is 2.87. The lowest BCUT2D eigenvalue weighted by Gasteiger charge is -2.39. The van der Waals surface area contributed by atoms with Crippen molar-refractivity contribution in [1.82, 2.24) is 13.9 Å². The van der Waals surface area contributed by atoms with Gasteiger partial charge in [-0.15, -0.1) is 0 Å². The van der Waals surface area contributed by atoms with E-state index in [4.69, 9.17) is 9.47 Å². The lowest BCUT2D eigenvalue weighted by Crippen LogP contribution is -2.52. The number of hydrogen-bond acceptors (Lipinski definition) is 5.